The minimum atomic E-state index is -3.56. The van der Waals surface area contributed by atoms with Gasteiger partial charge in [-0.2, -0.15) is 0 Å². The van der Waals surface area contributed by atoms with Gasteiger partial charge in [0.25, 0.3) is 0 Å². The second kappa shape index (κ2) is 5.63. The van der Waals surface area contributed by atoms with Crippen molar-refractivity contribution >= 4 is 15.7 Å². The Morgan fingerprint density at radius 3 is 2.40 bits per heavy atom. The highest BCUT2D eigenvalue weighted by molar-refractivity contribution is 7.92. The summed E-state index contributed by atoms with van der Waals surface area (Å²) < 4.78 is 38.8. The van der Waals surface area contributed by atoms with Gasteiger partial charge in [-0.25, -0.2) is 12.8 Å². The Bertz CT molecular complexity index is 713. The van der Waals surface area contributed by atoms with Gasteiger partial charge in [0, 0.05) is 0 Å². The van der Waals surface area contributed by atoms with Gasteiger partial charge < -0.3 is 0 Å². The van der Waals surface area contributed by atoms with E-state index in [9.17, 15) is 12.8 Å². The smallest absolute Gasteiger partial charge is 0.232 e. The summed E-state index contributed by atoms with van der Waals surface area (Å²) in [5.41, 5.74) is 1.92. The van der Waals surface area contributed by atoms with Crippen LogP contribution in [0.5, 0.6) is 0 Å². The van der Waals surface area contributed by atoms with Crippen LogP contribution >= 0.6 is 0 Å². The first kappa shape index (κ1) is 14.5. The molecule has 0 N–H and O–H groups in total. The zero-order chi connectivity index (χ0) is 14.8. The van der Waals surface area contributed by atoms with Crippen LogP contribution in [0.4, 0.5) is 10.1 Å². The molecule has 0 saturated heterocycles. The highest BCUT2D eigenvalue weighted by atomic mass is 32.2. The number of nitrogens with zero attached hydrogens (tertiary/aromatic N) is 1. The summed E-state index contributed by atoms with van der Waals surface area (Å²) in [4.78, 5) is 0. The third-order valence-corrected chi connectivity index (χ3v) is 4.06. The van der Waals surface area contributed by atoms with Crippen LogP contribution in [-0.4, -0.2) is 14.7 Å². The predicted octanol–water partition coefficient (Wildman–Crippen LogP) is 3.10. The number of para-hydroxylation sites is 1. The first-order chi connectivity index (χ1) is 9.38. The van der Waals surface area contributed by atoms with Crippen LogP contribution in [0.25, 0.3) is 0 Å². The van der Waals surface area contributed by atoms with E-state index in [1.165, 1.54) is 18.2 Å². The number of rotatable bonds is 4. The lowest BCUT2D eigenvalue weighted by atomic mass is 10.1. The highest BCUT2D eigenvalue weighted by Gasteiger charge is 2.20. The second-order valence-corrected chi connectivity index (χ2v) is 6.62. The molecular weight excluding hydrogens is 277 g/mol. The van der Waals surface area contributed by atoms with Crippen molar-refractivity contribution in [1.29, 1.82) is 0 Å². The molecule has 2 rings (SSSR count). The van der Waals surface area contributed by atoms with Crippen LogP contribution in [0.2, 0.25) is 0 Å². The Labute approximate surface area is 118 Å². The minimum Gasteiger partial charge on any atom is -0.263 e. The van der Waals surface area contributed by atoms with Crippen LogP contribution in [0.1, 0.15) is 11.1 Å². The largest absolute Gasteiger partial charge is 0.263 e. The van der Waals surface area contributed by atoms with Crippen molar-refractivity contribution in [2.45, 2.75) is 13.5 Å². The van der Waals surface area contributed by atoms with Gasteiger partial charge >= 0.3 is 0 Å². The second-order valence-electron chi connectivity index (χ2n) is 4.71. The van der Waals surface area contributed by atoms with Gasteiger partial charge in [0.15, 0.2) is 0 Å². The monoisotopic (exact) mass is 293 g/mol. The summed E-state index contributed by atoms with van der Waals surface area (Å²) in [6, 6.07) is 13.4. The maximum atomic E-state index is 13.8. The van der Waals surface area contributed by atoms with E-state index in [4.69, 9.17) is 0 Å². The van der Waals surface area contributed by atoms with E-state index in [-0.39, 0.29) is 12.2 Å². The third kappa shape index (κ3) is 3.36. The Balaban J connectivity index is 2.43. The molecule has 5 heteroatoms. The van der Waals surface area contributed by atoms with Crippen LogP contribution < -0.4 is 4.31 Å². The van der Waals surface area contributed by atoms with E-state index in [1.54, 1.807) is 6.07 Å². The van der Waals surface area contributed by atoms with Crippen molar-refractivity contribution in [2.75, 3.05) is 10.6 Å². The molecule has 0 aliphatic rings. The van der Waals surface area contributed by atoms with Gasteiger partial charge in [-0.1, -0.05) is 42.0 Å². The van der Waals surface area contributed by atoms with Gasteiger partial charge in [0.2, 0.25) is 10.0 Å². The maximum Gasteiger partial charge on any atom is 0.232 e. The number of aryl methyl sites for hydroxylation is 1. The van der Waals surface area contributed by atoms with E-state index in [2.05, 4.69) is 0 Å². The molecule has 0 amide bonds. The summed E-state index contributed by atoms with van der Waals surface area (Å²) >= 11 is 0. The van der Waals surface area contributed by atoms with Gasteiger partial charge in [-0.3, -0.25) is 4.31 Å². The van der Waals surface area contributed by atoms with Crippen LogP contribution in [0.3, 0.4) is 0 Å². The zero-order valence-corrected chi connectivity index (χ0v) is 12.2. The van der Waals surface area contributed by atoms with Gasteiger partial charge in [0.1, 0.15) is 5.82 Å². The molecule has 0 bridgehead atoms. The number of halogens is 1. The average molecular weight is 293 g/mol. The zero-order valence-electron chi connectivity index (χ0n) is 11.4. The topological polar surface area (TPSA) is 37.4 Å². The van der Waals surface area contributed by atoms with Crippen molar-refractivity contribution in [3.05, 3.63) is 65.5 Å². The Kier molecular flexibility index (Phi) is 4.09. The molecule has 0 heterocycles. The van der Waals surface area contributed by atoms with Crippen molar-refractivity contribution < 1.29 is 12.8 Å². The molecule has 0 aliphatic heterocycles. The molecule has 0 unspecified atom stereocenters. The van der Waals surface area contributed by atoms with Crippen LogP contribution in [0.15, 0.2) is 48.5 Å². The number of anilines is 1. The molecule has 2 aromatic rings. The molecule has 0 atom stereocenters. The number of benzene rings is 2. The Hall–Kier alpha value is -1.88. The lowest BCUT2D eigenvalue weighted by molar-refractivity contribution is 0.590. The standard InChI is InChI=1S/C15H16FNO2S/c1-12-6-5-7-13(10-12)11-17(20(2,18)19)15-9-4-3-8-14(15)16/h3-10H,11H2,1-2H3. The van der Waals surface area contributed by atoms with E-state index >= 15 is 0 Å². The third-order valence-electron chi connectivity index (χ3n) is 2.93. The molecule has 20 heavy (non-hydrogen) atoms. The van der Waals surface area contributed by atoms with E-state index in [1.807, 2.05) is 31.2 Å². The van der Waals surface area contributed by atoms with Crippen LogP contribution in [0, 0.1) is 12.7 Å². The summed E-state index contributed by atoms with van der Waals surface area (Å²) in [7, 11) is -3.56. The number of hydrogen-bond acceptors (Lipinski definition) is 2. The van der Waals surface area contributed by atoms with E-state index in [0.717, 1.165) is 21.7 Å². The minimum absolute atomic E-state index is 0.0662. The Morgan fingerprint density at radius 2 is 1.80 bits per heavy atom. The van der Waals surface area contributed by atoms with Gasteiger partial charge in [0.05, 0.1) is 18.5 Å². The number of sulfonamides is 1. The molecule has 2 aromatic carbocycles. The summed E-state index contributed by atoms with van der Waals surface area (Å²) in [5.74, 6) is -0.550. The fraction of sp³-hybridized carbons (Fsp3) is 0.200. The quantitative estimate of drug-likeness (QED) is 0.868. The molecule has 3 nitrogen and oxygen atoms in total. The molecule has 0 aromatic heterocycles. The van der Waals surface area contributed by atoms with Crippen molar-refractivity contribution in [3.63, 3.8) is 0 Å². The fourth-order valence-electron chi connectivity index (χ4n) is 2.01. The molecular formula is C15H16FNO2S. The Morgan fingerprint density at radius 1 is 1.10 bits per heavy atom. The molecule has 0 aliphatic carbocycles. The van der Waals surface area contributed by atoms with Crippen molar-refractivity contribution in [3.8, 4) is 0 Å². The highest BCUT2D eigenvalue weighted by Crippen LogP contribution is 2.23. The van der Waals surface area contributed by atoms with E-state index in [0.29, 0.717) is 0 Å². The summed E-state index contributed by atoms with van der Waals surface area (Å²) in [6.07, 6.45) is 1.08. The lowest BCUT2D eigenvalue weighted by Crippen LogP contribution is -2.30. The van der Waals surface area contributed by atoms with Gasteiger partial charge in [-0.15, -0.1) is 0 Å². The molecule has 0 radical (unpaired) electrons. The predicted molar refractivity (Wildman–Crippen MR) is 78.6 cm³/mol. The van der Waals surface area contributed by atoms with E-state index < -0.39 is 15.8 Å². The number of hydrogen-bond donors (Lipinski definition) is 0. The van der Waals surface area contributed by atoms with Crippen molar-refractivity contribution in [2.24, 2.45) is 0 Å². The molecule has 106 valence electrons. The molecule has 0 spiro atoms. The SMILES string of the molecule is Cc1cccc(CN(c2ccccc2F)S(C)(=O)=O)c1. The molecule has 0 fully saturated rings. The summed E-state index contributed by atoms with van der Waals surface area (Å²) in [5, 5.41) is 0. The average Bonchev–Trinajstić information content (AvgIpc) is 2.36. The normalized spacial score (nSPS) is 11.3. The lowest BCUT2D eigenvalue weighted by Gasteiger charge is -2.23. The maximum absolute atomic E-state index is 13.8. The fourth-order valence-corrected chi connectivity index (χ4v) is 2.90. The van der Waals surface area contributed by atoms with Crippen molar-refractivity contribution in [1.82, 2.24) is 0 Å². The molecule has 0 saturated carbocycles. The van der Waals surface area contributed by atoms with Crippen LogP contribution in [-0.2, 0) is 16.6 Å². The first-order valence-corrected chi connectivity index (χ1v) is 8.00. The summed E-state index contributed by atoms with van der Waals surface area (Å²) in [6.45, 7) is 2.04. The first-order valence-electron chi connectivity index (χ1n) is 6.16. The van der Waals surface area contributed by atoms with Gasteiger partial charge in [-0.05, 0) is 24.6 Å².